The number of ether oxygens (including phenoxy) is 1. The van der Waals surface area contributed by atoms with Crippen LogP contribution in [0.5, 0.6) is 0 Å². The molecule has 3 rings (SSSR count). The van der Waals surface area contributed by atoms with E-state index in [1.165, 1.54) is 11.0 Å². The quantitative estimate of drug-likeness (QED) is 0.640. The second kappa shape index (κ2) is 8.12. The molecule has 9 heteroatoms. The summed E-state index contributed by atoms with van der Waals surface area (Å²) >= 11 is 0. The van der Waals surface area contributed by atoms with E-state index in [4.69, 9.17) is 16.2 Å². The first-order chi connectivity index (χ1) is 13.5. The first kappa shape index (κ1) is 18.8. The standard InChI is InChI=1S/C19H18N6O3/c1-25(12-7-3-2-4-8-12)16(26)13-9-5-6-10-14(13)17(27)28-11-15-22-18(20)24-19(21)23-15/h2-10H,11H2,1H3,(H4,20,21,22,23,24). The Morgan fingerprint density at radius 1 is 0.893 bits per heavy atom. The van der Waals surface area contributed by atoms with Gasteiger partial charge < -0.3 is 21.1 Å². The lowest BCUT2D eigenvalue weighted by atomic mass is 10.1. The van der Waals surface area contributed by atoms with Crippen LogP contribution in [0.15, 0.2) is 54.6 Å². The maximum absolute atomic E-state index is 12.9. The molecule has 0 saturated carbocycles. The van der Waals surface area contributed by atoms with E-state index in [0.29, 0.717) is 5.69 Å². The summed E-state index contributed by atoms with van der Waals surface area (Å²) in [6, 6.07) is 15.5. The van der Waals surface area contributed by atoms with Crippen molar-refractivity contribution in [2.75, 3.05) is 23.4 Å². The van der Waals surface area contributed by atoms with E-state index < -0.39 is 5.97 Å². The number of para-hydroxylation sites is 1. The zero-order valence-electron chi connectivity index (χ0n) is 15.1. The topological polar surface area (TPSA) is 137 Å². The van der Waals surface area contributed by atoms with E-state index in [1.807, 2.05) is 18.2 Å². The first-order valence-electron chi connectivity index (χ1n) is 8.31. The molecule has 0 unspecified atom stereocenters. The number of carbonyl (C=O) groups excluding carboxylic acids is 2. The zero-order chi connectivity index (χ0) is 20.1. The number of benzene rings is 2. The number of nitrogens with two attached hydrogens (primary N) is 2. The minimum Gasteiger partial charge on any atom is -0.454 e. The summed E-state index contributed by atoms with van der Waals surface area (Å²) < 4.78 is 5.23. The molecule has 0 spiro atoms. The lowest BCUT2D eigenvalue weighted by molar-refractivity contribution is 0.0459. The molecule has 9 nitrogen and oxygen atoms in total. The van der Waals surface area contributed by atoms with Crippen LogP contribution in [0.1, 0.15) is 26.5 Å². The van der Waals surface area contributed by atoms with Crippen molar-refractivity contribution in [3.8, 4) is 0 Å². The van der Waals surface area contributed by atoms with E-state index in [1.54, 1.807) is 37.4 Å². The van der Waals surface area contributed by atoms with Crippen molar-refractivity contribution < 1.29 is 14.3 Å². The Labute approximate surface area is 161 Å². The molecule has 0 aliphatic heterocycles. The molecule has 4 N–H and O–H groups in total. The monoisotopic (exact) mass is 378 g/mol. The highest BCUT2D eigenvalue weighted by molar-refractivity contribution is 6.11. The fourth-order valence-corrected chi connectivity index (χ4v) is 2.53. The molecule has 0 aliphatic carbocycles. The predicted octanol–water partition coefficient (Wildman–Crippen LogP) is 1.67. The molecular weight excluding hydrogens is 360 g/mol. The summed E-state index contributed by atoms with van der Waals surface area (Å²) in [7, 11) is 1.64. The average Bonchev–Trinajstić information content (AvgIpc) is 2.71. The van der Waals surface area contributed by atoms with Crippen LogP contribution in [0, 0.1) is 0 Å². The van der Waals surface area contributed by atoms with Gasteiger partial charge in [-0.15, -0.1) is 0 Å². The SMILES string of the molecule is CN(C(=O)c1ccccc1C(=O)OCc1nc(N)nc(N)n1)c1ccccc1. The Balaban J connectivity index is 1.79. The molecule has 0 radical (unpaired) electrons. The minimum atomic E-state index is -0.692. The molecule has 0 atom stereocenters. The molecule has 1 aromatic heterocycles. The van der Waals surface area contributed by atoms with Gasteiger partial charge in [0.05, 0.1) is 11.1 Å². The van der Waals surface area contributed by atoms with Gasteiger partial charge in [-0.3, -0.25) is 4.79 Å². The van der Waals surface area contributed by atoms with Gasteiger partial charge in [-0.05, 0) is 24.3 Å². The third kappa shape index (κ3) is 4.21. The molecule has 1 heterocycles. The number of aromatic nitrogens is 3. The summed E-state index contributed by atoms with van der Waals surface area (Å²) in [6.07, 6.45) is 0. The number of nitrogens with zero attached hydrogens (tertiary/aromatic N) is 4. The Morgan fingerprint density at radius 3 is 2.11 bits per heavy atom. The molecule has 1 amide bonds. The summed E-state index contributed by atoms with van der Waals surface area (Å²) in [5, 5.41) is 0. The Bertz CT molecular complexity index is 989. The van der Waals surface area contributed by atoms with Gasteiger partial charge in [-0.1, -0.05) is 30.3 Å². The number of hydrogen-bond donors (Lipinski definition) is 2. The smallest absolute Gasteiger partial charge is 0.339 e. The van der Waals surface area contributed by atoms with Crippen LogP contribution in [0.25, 0.3) is 0 Å². The molecule has 0 fully saturated rings. The second-order valence-corrected chi connectivity index (χ2v) is 5.79. The van der Waals surface area contributed by atoms with E-state index in [2.05, 4.69) is 15.0 Å². The van der Waals surface area contributed by atoms with E-state index in [9.17, 15) is 9.59 Å². The number of amides is 1. The van der Waals surface area contributed by atoms with E-state index in [0.717, 1.165) is 0 Å². The average molecular weight is 378 g/mol. The molecule has 142 valence electrons. The maximum atomic E-state index is 12.9. The first-order valence-corrected chi connectivity index (χ1v) is 8.31. The zero-order valence-corrected chi connectivity index (χ0v) is 15.1. The number of carbonyl (C=O) groups is 2. The summed E-state index contributed by atoms with van der Waals surface area (Å²) in [4.78, 5) is 38.2. The van der Waals surface area contributed by atoms with Crippen molar-refractivity contribution >= 4 is 29.5 Å². The van der Waals surface area contributed by atoms with Crippen LogP contribution in [0.2, 0.25) is 0 Å². The fraction of sp³-hybridized carbons (Fsp3) is 0.105. The summed E-state index contributed by atoms with van der Waals surface area (Å²) in [5.74, 6) is -1.06. The summed E-state index contributed by atoms with van der Waals surface area (Å²) in [6.45, 7) is -0.257. The van der Waals surface area contributed by atoms with Crippen LogP contribution in [0.3, 0.4) is 0 Å². The van der Waals surface area contributed by atoms with Crippen molar-refractivity contribution in [2.45, 2.75) is 6.61 Å². The fourth-order valence-electron chi connectivity index (χ4n) is 2.53. The van der Waals surface area contributed by atoms with Crippen molar-refractivity contribution in [2.24, 2.45) is 0 Å². The molecule has 3 aromatic rings. The second-order valence-electron chi connectivity index (χ2n) is 5.79. The predicted molar refractivity (Wildman–Crippen MR) is 103 cm³/mol. The number of anilines is 3. The minimum absolute atomic E-state index is 0.0707. The number of esters is 1. The number of nitrogen functional groups attached to an aromatic ring is 2. The van der Waals surface area contributed by atoms with Crippen LogP contribution in [-0.4, -0.2) is 33.9 Å². The number of rotatable bonds is 5. The maximum Gasteiger partial charge on any atom is 0.339 e. The van der Waals surface area contributed by atoms with Gasteiger partial charge in [0.15, 0.2) is 12.4 Å². The lowest BCUT2D eigenvalue weighted by Gasteiger charge is -2.18. The Morgan fingerprint density at radius 2 is 1.46 bits per heavy atom. The molecule has 0 saturated heterocycles. The van der Waals surface area contributed by atoms with Crippen LogP contribution in [-0.2, 0) is 11.3 Å². The third-order valence-electron chi connectivity index (χ3n) is 3.87. The molecular formula is C19H18N6O3. The third-order valence-corrected chi connectivity index (χ3v) is 3.87. The molecule has 0 aliphatic rings. The van der Waals surface area contributed by atoms with Crippen molar-refractivity contribution in [1.29, 1.82) is 0 Å². The van der Waals surface area contributed by atoms with Gasteiger partial charge in [0.25, 0.3) is 5.91 Å². The number of hydrogen-bond acceptors (Lipinski definition) is 8. The van der Waals surface area contributed by atoms with Gasteiger partial charge in [0.2, 0.25) is 11.9 Å². The van der Waals surface area contributed by atoms with Gasteiger partial charge in [-0.25, -0.2) is 4.79 Å². The normalized spacial score (nSPS) is 10.3. The Hall–Kier alpha value is -4.01. The van der Waals surface area contributed by atoms with Crippen LogP contribution >= 0.6 is 0 Å². The summed E-state index contributed by atoms with van der Waals surface area (Å²) in [5.41, 5.74) is 12.0. The van der Waals surface area contributed by atoms with Crippen molar-refractivity contribution in [3.63, 3.8) is 0 Å². The Kier molecular flexibility index (Phi) is 5.45. The van der Waals surface area contributed by atoms with Crippen LogP contribution in [0.4, 0.5) is 17.6 Å². The van der Waals surface area contributed by atoms with Gasteiger partial charge in [0.1, 0.15) is 0 Å². The largest absolute Gasteiger partial charge is 0.454 e. The molecule has 0 bridgehead atoms. The highest BCUT2D eigenvalue weighted by atomic mass is 16.5. The highest BCUT2D eigenvalue weighted by Gasteiger charge is 2.21. The van der Waals surface area contributed by atoms with Crippen molar-refractivity contribution in [3.05, 3.63) is 71.5 Å². The molecule has 28 heavy (non-hydrogen) atoms. The van der Waals surface area contributed by atoms with Gasteiger partial charge in [-0.2, -0.15) is 15.0 Å². The van der Waals surface area contributed by atoms with Crippen LogP contribution < -0.4 is 16.4 Å². The van der Waals surface area contributed by atoms with Gasteiger partial charge in [0, 0.05) is 12.7 Å². The van der Waals surface area contributed by atoms with E-state index in [-0.39, 0.29) is 41.4 Å². The van der Waals surface area contributed by atoms with E-state index >= 15 is 0 Å². The highest BCUT2D eigenvalue weighted by Crippen LogP contribution is 2.18. The molecule has 2 aromatic carbocycles. The van der Waals surface area contributed by atoms with Crippen molar-refractivity contribution in [1.82, 2.24) is 15.0 Å². The van der Waals surface area contributed by atoms with Gasteiger partial charge >= 0.3 is 5.97 Å². The lowest BCUT2D eigenvalue weighted by Crippen LogP contribution is -2.28.